The van der Waals surface area contributed by atoms with Crippen LogP contribution in [0.2, 0.25) is 0 Å². The summed E-state index contributed by atoms with van der Waals surface area (Å²) in [6.45, 7) is 6.60. The zero-order valence-electron chi connectivity index (χ0n) is 9.90. The van der Waals surface area contributed by atoms with E-state index in [9.17, 15) is 0 Å². The van der Waals surface area contributed by atoms with Gasteiger partial charge in [0.2, 0.25) is 5.89 Å². The van der Waals surface area contributed by atoms with Gasteiger partial charge in [0, 0.05) is 13.0 Å². The van der Waals surface area contributed by atoms with E-state index in [0.29, 0.717) is 18.4 Å². The fraction of sp³-hybridized carbons (Fsp3) is 0.818. The first-order valence-corrected chi connectivity index (χ1v) is 5.89. The lowest BCUT2D eigenvalue weighted by Gasteiger charge is -2.20. The minimum atomic E-state index is 0.0639. The summed E-state index contributed by atoms with van der Waals surface area (Å²) in [5.74, 6) is 2.12. The molecule has 2 heterocycles. The molecule has 1 fully saturated rings. The maximum absolute atomic E-state index is 5.35. The summed E-state index contributed by atoms with van der Waals surface area (Å²) in [5, 5.41) is 7.27. The Balaban J connectivity index is 1.90. The van der Waals surface area contributed by atoms with Crippen molar-refractivity contribution in [3.63, 3.8) is 0 Å². The number of hydrogen-bond acceptors (Lipinski definition) is 5. The van der Waals surface area contributed by atoms with Gasteiger partial charge in [-0.15, -0.1) is 0 Å². The summed E-state index contributed by atoms with van der Waals surface area (Å²) in [7, 11) is 0. The van der Waals surface area contributed by atoms with Crippen molar-refractivity contribution in [3.05, 3.63) is 11.7 Å². The van der Waals surface area contributed by atoms with Gasteiger partial charge in [-0.05, 0) is 12.3 Å². The fourth-order valence-electron chi connectivity index (χ4n) is 1.65. The minimum Gasteiger partial charge on any atom is -0.378 e. The molecule has 1 unspecified atom stereocenters. The quantitative estimate of drug-likeness (QED) is 0.837. The number of ether oxygens (including phenoxy) is 1. The van der Waals surface area contributed by atoms with Crippen LogP contribution in [0.5, 0.6) is 0 Å². The van der Waals surface area contributed by atoms with Crippen molar-refractivity contribution in [2.45, 2.75) is 32.7 Å². The second-order valence-corrected chi connectivity index (χ2v) is 4.56. The van der Waals surface area contributed by atoms with Crippen molar-refractivity contribution < 1.29 is 9.26 Å². The molecule has 0 amide bonds. The van der Waals surface area contributed by atoms with Crippen molar-refractivity contribution in [1.82, 2.24) is 15.5 Å². The van der Waals surface area contributed by atoms with E-state index in [1.165, 1.54) is 0 Å². The molecule has 5 heteroatoms. The van der Waals surface area contributed by atoms with E-state index < -0.39 is 0 Å². The number of hydrogen-bond donors (Lipinski definition) is 1. The normalized spacial score (nSPS) is 21.6. The lowest BCUT2D eigenvalue weighted by atomic mass is 10.1. The molecule has 1 aliphatic rings. The maximum atomic E-state index is 5.35. The first-order valence-electron chi connectivity index (χ1n) is 5.89. The molecular formula is C11H19N3O2. The van der Waals surface area contributed by atoms with Gasteiger partial charge in [-0.25, -0.2) is 0 Å². The van der Waals surface area contributed by atoms with E-state index in [1.54, 1.807) is 0 Å². The van der Waals surface area contributed by atoms with Gasteiger partial charge in [0.1, 0.15) is 6.04 Å². The lowest BCUT2D eigenvalue weighted by Crippen LogP contribution is -2.34. The van der Waals surface area contributed by atoms with Gasteiger partial charge >= 0.3 is 0 Å². The Hall–Kier alpha value is -0.940. The molecule has 16 heavy (non-hydrogen) atoms. The molecule has 1 aromatic heterocycles. The molecule has 5 nitrogen and oxygen atoms in total. The van der Waals surface area contributed by atoms with E-state index in [2.05, 4.69) is 29.3 Å². The van der Waals surface area contributed by atoms with Crippen molar-refractivity contribution in [1.29, 1.82) is 0 Å². The van der Waals surface area contributed by atoms with E-state index >= 15 is 0 Å². The summed E-state index contributed by atoms with van der Waals surface area (Å²) in [6, 6.07) is 0.0639. The smallest absolute Gasteiger partial charge is 0.246 e. The van der Waals surface area contributed by atoms with E-state index in [1.807, 2.05) is 0 Å². The Bertz CT molecular complexity index is 319. The number of morpholine rings is 1. The predicted octanol–water partition coefficient (Wildman–Crippen LogP) is 1.32. The van der Waals surface area contributed by atoms with Gasteiger partial charge in [0.25, 0.3) is 0 Å². The molecule has 1 aromatic rings. The topological polar surface area (TPSA) is 60.2 Å². The van der Waals surface area contributed by atoms with Crippen LogP contribution < -0.4 is 5.32 Å². The third-order valence-electron chi connectivity index (χ3n) is 2.65. The van der Waals surface area contributed by atoms with Crippen molar-refractivity contribution in [2.75, 3.05) is 19.8 Å². The van der Waals surface area contributed by atoms with Gasteiger partial charge < -0.3 is 14.6 Å². The number of aromatic nitrogens is 2. The average Bonchev–Trinajstić information content (AvgIpc) is 2.76. The highest BCUT2D eigenvalue weighted by Crippen LogP contribution is 2.14. The standard InChI is InChI=1S/C11H19N3O2/c1-8(2)3-4-10-13-11(16-14-10)9-7-15-6-5-12-9/h8-9,12H,3-7H2,1-2H3. The van der Waals surface area contributed by atoms with Crippen LogP contribution in [-0.2, 0) is 11.2 Å². The minimum absolute atomic E-state index is 0.0639. The zero-order chi connectivity index (χ0) is 11.4. The highest BCUT2D eigenvalue weighted by atomic mass is 16.5. The van der Waals surface area contributed by atoms with E-state index in [0.717, 1.165) is 31.8 Å². The summed E-state index contributed by atoms with van der Waals surface area (Å²) in [4.78, 5) is 4.39. The molecule has 90 valence electrons. The zero-order valence-corrected chi connectivity index (χ0v) is 9.90. The molecule has 1 aliphatic heterocycles. The second kappa shape index (κ2) is 5.41. The Morgan fingerprint density at radius 3 is 3.06 bits per heavy atom. The Kier molecular flexibility index (Phi) is 3.90. The second-order valence-electron chi connectivity index (χ2n) is 4.56. The van der Waals surface area contributed by atoms with Crippen molar-refractivity contribution in [3.8, 4) is 0 Å². The molecule has 1 atom stereocenters. The Labute approximate surface area is 95.6 Å². The number of nitrogens with zero attached hydrogens (tertiary/aromatic N) is 2. The van der Waals surface area contributed by atoms with E-state index in [4.69, 9.17) is 9.26 Å². The third-order valence-corrected chi connectivity index (χ3v) is 2.65. The summed E-state index contributed by atoms with van der Waals surface area (Å²) < 4.78 is 10.6. The van der Waals surface area contributed by atoms with Crippen LogP contribution in [0.25, 0.3) is 0 Å². The average molecular weight is 225 g/mol. The summed E-state index contributed by atoms with van der Waals surface area (Å²) in [6.07, 6.45) is 1.97. The monoisotopic (exact) mass is 225 g/mol. The highest BCUT2D eigenvalue weighted by molar-refractivity contribution is 4.94. The molecular weight excluding hydrogens is 206 g/mol. The fourth-order valence-corrected chi connectivity index (χ4v) is 1.65. The number of nitrogens with one attached hydrogen (secondary N) is 1. The third kappa shape index (κ3) is 3.02. The van der Waals surface area contributed by atoms with Crippen LogP contribution in [0.15, 0.2) is 4.52 Å². The molecule has 2 rings (SSSR count). The molecule has 0 aliphatic carbocycles. The molecule has 1 saturated heterocycles. The Morgan fingerprint density at radius 2 is 2.38 bits per heavy atom. The summed E-state index contributed by atoms with van der Waals surface area (Å²) >= 11 is 0. The van der Waals surface area contributed by atoms with Crippen LogP contribution in [0.4, 0.5) is 0 Å². The maximum Gasteiger partial charge on any atom is 0.246 e. The van der Waals surface area contributed by atoms with Crippen LogP contribution in [0.1, 0.15) is 38.0 Å². The molecule has 0 bridgehead atoms. The van der Waals surface area contributed by atoms with Gasteiger partial charge in [-0.2, -0.15) is 4.98 Å². The van der Waals surface area contributed by atoms with E-state index in [-0.39, 0.29) is 6.04 Å². The lowest BCUT2D eigenvalue weighted by molar-refractivity contribution is 0.0659. The highest BCUT2D eigenvalue weighted by Gasteiger charge is 2.21. The molecule has 1 N–H and O–H groups in total. The van der Waals surface area contributed by atoms with Crippen LogP contribution in [-0.4, -0.2) is 29.9 Å². The molecule has 0 aromatic carbocycles. The molecule has 0 saturated carbocycles. The van der Waals surface area contributed by atoms with Gasteiger partial charge in [-0.3, -0.25) is 0 Å². The van der Waals surface area contributed by atoms with Crippen LogP contribution in [0, 0.1) is 5.92 Å². The molecule has 0 radical (unpaired) electrons. The molecule has 0 spiro atoms. The first kappa shape index (κ1) is 11.5. The van der Waals surface area contributed by atoms with Crippen LogP contribution >= 0.6 is 0 Å². The van der Waals surface area contributed by atoms with Gasteiger partial charge in [0.05, 0.1) is 13.2 Å². The number of aryl methyl sites for hydroxylation is 1. The van der Waals surface area contributed by atoms with Crippen LogP contribution in [0.3, 0.4) is 0 Å². The predicted molar refractivity (Wildman–Crippen MR) is 59.0 cm³/mol. The van der Waals surface area contributed by atoms with Crippen molar-refractivity contribution in [2.24, 2.45) is 5.92 Å². The Morgan fingerprint density at radius 1 is 1.50 bits per heavy atom. The largest absolute Gasteiger partial charge is 0.378 e. The first-order chi connectivity index (χ1) is 7.75. The SMILES string of the molecule is CC(C)CCc1noc(C2COCCN2)n1. The van der Waals surface area contributed by atoms with Gasteiger partial charge in [0.15, 0.2) is 5.82 Å². The number of rotatable bonds is 4. The summed E-state index contributed by atoms with van der Waals surface area (Å²) in [5.41, 5.74) is 0. The van der Waals surface area contributed by atoms with Gasteiger partial charge in [-0.1, -0.05) is 19.0 Å². The van der Waals surface area contributed by atoms with Crippen molar-refractivity contribution >= 4 is 0 Å².